The molecule has 0 radical (unpaired) electrons. The second-order valence-corrected chi connectivity index (χ2v) is 9.84. The molecule has 2 aromatic carbocycles. The number of ether oxygens (including phenoxy) is 3. The lowest BCUT2D eigenvalue weighted by molar-refractivity contribution is -0.0472. The van der Waals surface area contributed by atoms with E-state index in [0.29, 0.717) is 40.6 Å². The van der Waals surface area contributed by atoms with Gasteiger partial charge in [-0.1, -0.05) is 20.8 Å². The first kappa shape index (κ1) is 25.9. The van der Waals surface area contributed by atoms with Crippen LogP contribution in [0.25, 0.3) is 10.2 Å². The highest BCUT2D eigenvalue weighted by Crippen LogP contribution is 2.35. The number of carboxylic acids is 1. The summed E-state index contributed by atoms with van der Waals surface area (Å²) in [7, 11) is 3.16. The van der Waals surface area contributed by atoms with E-state index in [0.717, 1.165) is 22.2 Å². The van der Waals surface area contributed by atoms with Crippen LogP contribution in [0.4, 0.5) is 0 Å². The van der Waals surface area contributed by atoms with Gasteiger partial charge in [-0.3, -0.25) is 0 Å². The van der Waals surface area contributed by atoms with Crippen molar-refractivity contribution in [2.45, 2.75) is 52.7 Å². The van der Waals surface area contributed by atoms with Crippen LogP contribution >= 0.6 is 11.3 Å². The maximum absolute atomic E-state index is 11.8. The lowest BCUT2D eigenvalue weighted by atomic mass is 9.99. The van der Waals surface area contributed by atoms with Gasteiger partial charge >= 0.3 is 5.97 Å². The number of aromatic nitrogens is 1. The Morgan fingerprint density at radius 3 is 2.29 bits per heavy atom. The minimum absolute atomic E-state index is 0.199. The van der Waals surface area contributed by atoms with Crippen LogP contribution in [0, 0.1) is 12.8 Å². The number of carbonyl (C=O) groups is 1. The van der Waals surface area contributed by atoms with Crippen molar-refractivity contribution in [2.24, 2.45) is 5.92 Å². The van der Waals surface area contributed by atoms with Crippen LogP contribution < -0.4 is 9.47 Å². The number of aromatic carboxylic acids is 1. The molecule has 1 heterocycles. The number of aryl methyl sites for hydroxylation is 1. The van der Waals surface area contributed by atoms with Crippen LogP contribution in [0.1, 0.15) is 58.9 Å². The van der Waals surface area contributed by atoms with Crippen molar-refractivity contribution < 1.29 is 29.2 Å². The van der Waals surface area contributed by atoms with E-state index in [-0.39, 0.29) is 11.5 Å². The molecular formula is C26H33NO6S. The molecule has 0 saturated heterocycles. The molecule has 3 aromatic rings. The van der Waals surface area contributed by atoms with Gasteiger partial charge in [-0.2, -0.15) is 0 Å². The van der Waals surface area contributed by atoms with Gasteiger partial charge in [-0.25, -0.2) is 9.78 Å². The van der Waals surface area contributed by atoms with Crippen molar-refractivity contribution in [2.75, 3.05) is 20.8 Å². The molecule has 7 nitrogen and oxygen atoms in total. The second kappa shape index (κ2) is 11.2. The Bertz CT molecular complexity index is 1130. The van der Waals surface area contributed by atoms with Crippen LogP contribution in [-0.4, -0.2) is 48.1 Å². The Kier molecular flexibility index (Phi) is 8.52. The Morgan fingerprint density at radius 2 is 1.76 bits per heavy atom. The van der Waals surface area contributed by atoms with Crippen molar-refractivity contribution in [3.63, 3.8) is 0 Å². The number of benzene rings is 2. The normalized spacial score (nSPS) is 13.3. The van der Waals surface area contributed by atoms with Gasteiger partial charge in [0, 0.05) is 18.6 Å². The van der Waals surface area contributed by atoms with Crippen molar-refractivity contribution in [1.29, 1.82) is 0 Å². The number of aliphatic hydroxyl groups is 1. The van der Waals surface area contributed by atoms with Gasteiger partial charge in [0.25, 0.3) is 0 Å². The Hall–Kier alpha value is -2.68. The monoisotopic (exact) mass is 487 g/mol. The fourth-order valence-electron chi connectivity index (χ4n) is 3.83. The lowest BCUT2D eigenvalue weighted by Gasteiger charge is -2.25. The van der Waals surface area contributed by atoms with E-state index in [1.807, 2.05) is 33.8 Å². The molecule has 184 valence electrons. The average molecular weight is 488 g/mol. The van der Waals surface area contributed by atoms with Gasteiger partial charge in [0.15, 0.2) is 0 Å². The average Bonchev–Trinajstić information content (AvgIpc) is 3.22. The number of carboxylic acid groups (broad SMARTS) is 1. The number of nitrogens with zero attached hydrogens (tertiary/aromatic N) is 1. The van der Waals surface area contributed by atoms with E-state index < -0.39 is 18.2 Å². The van der Waals surface area contributed by atoms with Gasteiger partial charge in [0.05, 0.1) is 41.1 Å². The zero-order valence-corrected chi connectivity index (χ0v) is 21.4. The molecule has 0 bridgehead atoms. The predicted molar refractivity (Wildman–Crippen MR) is 133 cm³/mol. The van der Waals surface area contributed by atoms with E-state index in [9.17, 15) is 15.0 Å². The molecule has 0 spiro atoms. The van der Waals surface area contributed by atoms with E-state index in [2.05, 4.69) is 4.98 Å². The summed E-state index contributed by atoms with van der Waals surface area (Å²) in [5.41, 5.74) is 3.09. The molecule has 2 unspecified atom stereocenters. The van der Waals surface area contributed by atoms with Crippen LogP contribution in [-0.2, 0) is 17.6 Å². The summed E-state index contributed by atoms with van der Waals surface area (Å²) in [4.78, 5) is 16.4. The maximum Gasteiger partial charge on any atom is 0.337 e. The Balaban J connectivity index is 1.99. The van der Waals surface area contributed by atoms with Crippen molar-refractivity contribution in [1.82, 2.24) is 4.98 Å². The molecule has 2 atom stereocenters. The number of rotatable bonds is 11. The number of hydrogen-bond donors (Lipinski definition) is 2. The Labute approximate surface area is 204 Å². The second-order valence-electron chi connectivity index (χ2n) is 8.72. The molecule has 0 amide bonds. The minimum atomic E-state index is -0.997. The highest BCUT2D eigenvalue weighted by molar-refractivity contribution is 7.18. The standard InChI is InChI=1S/C26H33NO6S/c1-7-16-8-18(26(29)30)24-22(9-16)34-23(27-24)12-21(33-13-14(2)3)25(28)17-10-19(31-5)15(4)20(11-17)32-6/h8-11,14,21,25,28H,7,12-13H2,1-6H3,(H,29,30). The summed E-state index contributed by atoms with van der Waals surface area (Å²) < 4.78 is 17.9. The van der Waals surface area contributed by atoms with Crippen molar-refractivity contribution in [3.05, 3.63) is 51.5 Å². The van der Waals surface area contributed by atoms with Gasteiger partial charge < -0.3 is 24.4 Å². The van der Waals surface area contributed by atoms with E-state index in [4.69, 9.17) is 14.2 Å². The van der Waals surface area contributed by atoms with E-state index in [1.54, 1.807) is 32.4 Å². The Morgan fingerprint density at radius 1 is 1.12 bits per heavy atom. The summed E-state index contributed by atoms with van der Waals surface area (Å²) in [6.45, 7) is 8.44. The number of thiazole rings is 1. The first-order valence-corrected chi connectivity index (χ1v) is 12.2. The van der Waals surface area contributed by atoms with Crippen molar-refractivity contribution >= 4 is 27.5 Å². The molecule has 0 aliphatic carbocycles. The van der Waals surface area contributed by atoms with Gasteiger partial charge in [0.2, 0.25) is 0 Å². The van der Waals surface area contributed by atoms with Crippen LogP contribution in [0.5, 0.6) is 11.5 Å². The third-order valence-corrected chi connectivity index (χ3v) is 6.75. The number of fused-ring (bicyclic) bond motifs is 1. The SMILES string of the molecule is CCc1cc(C(=O)O)c2nc(CC(OCC(C)C)C(O)c3cc(OC)c(C)c(OC)c3)sc2c1. The first-order valence-electron chi connectivity index (χ1n) is 11.4. The molecule has 0 aliphatic rings. The lowest BCUT2D eigenvalue weighted by Crippen LogP contribution is -2.26. The third kappa shape index (κ3) is 5.68. The first-order chi connectivity index (χ1) is 16.2. The summed E-state index contributed by atoms with van der Waals surface area (Å²) in [5, 5.41) is 21.7. The molecular weight excluding hydrogens is 454 g/mol. The largest absolute Gasteiger partial charge is 0.496 e. The summed E-state index contributed by atoms with van der Waals surface area (Å²) in [6.07, 6.45) is -0.468. The fraction of sp³-hybridized carbons (Fsp3) is 0.462. The molecule has 3 rings (SSSR count). The highest BCUT2D eigenvalue weighted by atomic mass is 32.1. The molecule has 0 aliphatic heterocycles. The molecule has 8 heteroatoms. The van der Waals surface area contributed by atoms with Crippen LogP contribution in [0.3, 0.4) is 0 Å². The number of aliphatic hydroxyl groups excluding tert-OH is 1. The van der Waals surface area contributed by atoms with Gasteiger partial charge in [-0.05, 0) is 54.7 Å². The van der Waals surface area contributed by atoms with E-state index in [1.165, 1.54) is 11.3 Å². The minimum Gasteiger partial charge on any atom is -0.496 e. The number of methoxy groups -OCH3 is 2. The van der Waals surface area contributed by atoms with Gasteiger partial charge in [0.1, 0.15) is 17.6 Å². The molecule has 34 heavy (non-hydrogen) atoms. The summed E-state index contributed by atoms with van der Waals surface area (Å²) >= 11 is 1.44. The molecule has 1 aromatic heterocycles. The molecule has 2 N–H and O–H groups in total. The zero-order valence-electron chi connectivity index (χ0n) is 20.5. The highest BCUT2D eigenvalue weighted by Gasteiger charge is 2.27. The molecule has 0 fully saturated rings. The number of hydrogen-bond acceptors (Lipinski definition) is 7. The van der Waals surface area contributed by atoms with Gasteiger partial charge in [-0.15, -0.1) is 11.3 Å². The quantitative estimate of drug-likeness (QED) is 0.384. The summed E-state index contributed by atoms with van der Waals surface area (Å²) in [6, 6.07) is 7.25. The molecule has 0 saturated carbocycles. The maximum atomic E-state index is 11.8. The predicted octanol–water partition coefficient (Wildman–Crippen LogP) is 5.20. The van der Waals surface area contributed by atoms with Crippen molar-refractivity contribution in [3.8, 4) is 11.5 Å². The van der Waals surface area contributed by atoms with E-state index >= 15 is 0 Å². The third-order valence-electron chi connectivity index (χ3n) is 5.73. The van der Waals surface area contributed by atoms with Crippen LogP contribution in [0.15, 0.2) is 24.3 Å². The topological polar surface area (TPSA) is 98.1 Å². The zero-order chi connectivity index (χ0) is 25.0. The van der Waals surface area contributed by atoms with Crippen LogP contribution in [0.2, 0.25) is 0 Å². The summed E-state index contributed by atoms with van der Waals surface area (Å²) in [5.74, 6) is 0.518. The smallest absolute Gasteiger partial charge is 0.337 e. The fourth-order valence-corrected chi connectivity index (χ4v) is 4.93.